The van der Waals surface area contributed by atoms with Crippen LogP contribution in [0.3, 0.4) is 0 Å². The molecule has 0 aliphatic rings. The van der Waals surface area contributed by atoms with Crippen molar-refractivity contribution in [1.82, 2.24) is 0 Å². The fourth-order valence-corrected chi connectivity index (χ4v) is 5.04. The van der Waals surface area contributed by atoms with E-state index in [1.54, 1.807) is 49.4 Å². The summed E-state index contributed by atoms with van der Waals surface area (Å²) in [5.74, 6) is 0.595. The zero-order valence-electron chi connectivity index (χ0n) is 16.1. The highest BCUT2D eigenvalue weighted by Gasteiger charge is 2.19. The number of anilines is 2. The Kier molecular flexibility index (Phi) is 6.39. The van der Waals surface area contributed by atoms with Crippen LogP contribution in [0, 0.1) is 6.92 Å². The Morgan fingerprint density at radius 2 is 1.33 bits per heavy atom. The molecule has 3 rings (SSSR count). The van der Waals surface area contributed by atoms with Gasteiger partial charge in [-0.05, 0) is 73.2 Å². The van der Waals surface area contributed by atoms with Gasteiger partial charge in [0.05, 0.1) is 22.6 Å². The van der Waals surface area contributed by atoms with Gasteiger partial charge in [0.25, 0.3) is 20.0 Å². The first-order valence-corrected chi connectivity index (χ1v) is 12.4. The Labute approximate surface area is 184 Å². The number of halogens is 1. The third-order valence-electron chi connectivity index (χ3n) is 4.23. The fraction of sp³-hybridized carbons (Fsp3) is 0.100. The molecule has 0 atom stereocenters. The predicted molar refractivity (Wildman–Crippen MR) is 120 cm³/mol. The summed E-state index contributed by atoms with van der Waals surface area (Å²) < 4.78 is 61.6. The lowest BCUT2D eigenvalue weighted by Crippen LogP contribution is -2.16. The van der Waals surface area contributed by atoms with E-state index in [4.69, 9.17) is 4.74 Å². The normalized spacial score (nSPS) is 11.7. The van der Waals surface area contributed by atoms with Gasteiger partial charge in [-0.2, -0.15) is 0 Å². The molecule has 0 aromatic heterocycles. The second-order valence-corrected chi connectivity index (χ2v) is 10.7. The lowest BCUT2D eigenvalue weighted by Gasteiger charge is -2.14. The SMILES string of the molecule is COc1ccc(NS(=O)(=O)c2ccc(C)c(NS(=O)(=O)c3ccc(Br)cc3)c2)cc1. The maximum atomic E-state index is 12.8. The fourth-order valence-electron chi connectivity index (χ4n) is 2.57. The van der Waals surface area contributed by atoms with Crippen LogP contribution in [-0.4, -0.2) is 23.9 Å². The third kappa shape index (κ3) is 5.13. The molecule has 10 heteroatoms. The first kappa shape index (κ1) is 22.1. The van der Waals surface area contributed by atoms with E-state index >= 15 is 0 Å². The predicted octanol–water partition coefficient (Wildman–Crippen LogP) is 4.37. The van der Waals surface area contributed by atoms with E-state index in [9.17, 15) is 16.8 Å². The van der Waals surface area contributed by atoms with Crippen molar-refractivity contribution in [2.45, 2.75) is 16.7 Å². The number of ether oxygens (including phenoxy) is 1. The minimum Gasteiger partial charge on any atom is -0.497 e. The topological polar surface area (TPSA) is 102 Å². The van der Waals surface area contributed by atoms with Crippen molar-refractivity contribution >= 4 is 47.4 Å². The first-order valence-electron chi connectivity index (χ1n) is 8.67. The molecule has 2 N–H and O–H groups in total. The molecule has 0 fully saturated rings. The van der Waals surface area contributed by atoms with Crippen LogP contribution in [0.15, 0.2) is 81.0 Å². The standard InChI is InChI=1S/C20H19BrN2O5S2/c1-14-3-10-19(30(26,27)22-16-6-8-17(28-2)9-7-16)13-20(14)23-29(24,25)18-11-4-15(21)5-12-18/h3-13,22-23H,1-2H3. The Morgan fingerprint density at radius 3 is 1.93 bits per heavy atom. The molecule has 0 unspecified atom stereocenters. The van der Waals surface area contributed by atoms with Crippen LogP contribution in [0.4, 0.5) is 11.4 Å². The quantitative estimate of drug-likeness (QED) is 0.491. The van der Waals surface area contributed by atoms with Crippen LogP contribution in [0.1, 0.15) is 5.56 Å². The van der Waals surface area contributed by atoms with Crippen LogP contribution in [0.25, 0.3) is 0 Å². The molecule has 0 spiro atoms. The van der Waals surface area contributed by atoms with Crippen molar-refractivity contribution in [3.8, 4) is 5.75 Å². The number of methoxy groups -OCH3 is 1. The van der Waals surface area contributed by atoms with E-state index in [-0.39, 0.29) is 15.5 Å². The van der Waals surface area contributed by atoms with Gasteiger partial charge in [0.15, 0.2) is 0 Å². The maximum absolute atomic E-state index is 12.8. The van der Waals surface area contributed by atoms with Crippen LogP contribution >= 0.6 is 15.9 Å². The molecule has 0 amide bonds. The summed E-state index contributed by atoms with van der Waals surface area (Å²) in [5.41, 5.74) is 1.11. The van der Waals surface area contributed by atoms with Crippen LogP contribution in [0.5, 0.6) is 5.75 Å². The molecular formula is C20H19BrN2O5S2. The van der Waals surface area contributed by atoms with E-state index in [2.05, 4.69) is 25.4 Å². The highest BCUT2D eigenvalue weighted by atomic mass is 79.9. The van der Waals surface area contributed by atoms with Gasteiger partial charge >= 0.3 is 0 Å². The van der Waals surface area contributed by atoms with Crippen LogP contribution < -0.4 is 14.2 Å². The molecule has 3 aromatic carbocycles. The van der Waals surface area contributed by atoms with Gasteiger partial charge in [-0.25, -0.2) is 16.8 Å². The number of hydrogen-bond donors (Lipinski definition) is 2. The smallest absolute Gasteiger partial charge is 0.261 e. The maximum Gasteiger partial charge on any atom is 0.261 e. The molecule has 0 aliphatic heterocycles. The van der Waals surface area contributed by atoms with Crippen LogP contribution in [0.2, 0.25) is 0 Å². The summed E-state index contributed by atoms with van der Waals surface area (Å²) in [6.45, 7) is 1.69. The average molecular weight is 511 g/mol. The van der Waals surface area contributed by atoms with E-state index in [0.717, 1.165) is 4.47 Å². The van der Waals surface area contributed by atoms with Crippen molar-refractivity contribution in [2.24, 2.45) is 0 Å². The van der Waals surface area contributed by atoms with Crippen LogP contribution in [-0.2, 0) is 20.0 Å². The number of nitrogens with one attached hydrogen (secondary N) is 2. The zero-order valence-corrected chi connectivity index (χ0v) is 19.3. The van der Waals surface area contributed by atoms with E-state index in [0.29, 0.717) is 17.0 Å². The Balaban J connectivity index is 1.89. The van der Waals surface area contributed by atoms with Gasteiger partial charge in [0.2, 0.25) is 0 Å². The molecule has 7 nitrogen and oxygen atoms in total. The highest BCUT2D eigenvalue weighted by Crippen LogP contribution is 2.26. The minimum absolute atomic E-state index is 0.0646. The molecule has 0 saturated carbocycles. The summed E-state index contributed by atoms with van der Waals surface area (Å²) in [4.78, 5) is -0.00728. The molecule has 0 saturated heterocycles. The number of aryl methyl sites for hydroxylation is 1. The van der Waals surface area contributed by atoms with E-state index in [1.807, 2.05) is 0 Å². The molecule has 158 valence electrons. The lowest BCUT2D eigenvalue weighted by atomic mass is 10.2. The molecule has 0 bridgehead atoms. The van der Waals surface area contributed by atoms with Crippen molar-refractivity contribution in [1.29, 1.82) is 0 Å². The second-order valence-electron chi connectivity index (χ2n) is 6.37. The summed E-state index contributed by atoms with van der Waals surface area (Å²) in [7, 11) is -6.30. The third-order valence-corrected chi connectivity index (χ3v) is 7.52. The van der Waals surface area contributed by atoms with Gasteiger partial charge in [-0.1, -0.05) is 22.0 Å². The summed E-state index contributed by atoms with van der Waals surface area (Å²) >= 11 is 3.26. The van der Waals surface area contributed by atoms with Gasteiger partial charge in [0, 0.05) is 10.2 Å². The number of benzene rings is 3. The molecular weight excluding hydrogens is 492 g/mol. The van der Waals surface area contributed by atoms with Crippen molar-refractivity contribution in [2.75, 3.05) is 16.6 Å². The van der Waals surface area contributed by atoms with Crippen molar-refractivity contribution < 1.29 is 21.6 Å². The van der Waals surface area contributed by atoms with Crippen molar-refractivity contribution in [3.63, 3.8) is 0 Å². The summed E-state index contributed by atoms with van der Waals surface area (Å²) in [6, 6.07) is 16.8. The van der Waals surface area contributed by atoms with Gasteiger partial charge in [-0.15, -0.1) is 0 Å². The largest absolute Gasteiger partial charge is 0.497 e. The number of hydrogen-bond acceptors (Lipinski definition) is 5. The molecule has 0 aliphatic carbocycles. The van der Waals surface area contributed by atoms with Gasteiger partial charge < -0.3 is 4.74 Å². The monoisotopic (exact) mass is 510 g/mol. The highest BCUT2D eigenvalue weighted by molar-refractivity contribution is 9.10. The van der Waals surface area contributed by atoms with Crippen molar-refractivity contribution in [3.05, 3.63) is 76.8 Å². The summed E-state index contributed by atoms with van der Waals surface area (Å²) in [5, 5.41) is 0. The Hall–Kier alpha value is -2.56. The molecule has 0 heterocycles. The molecule has 3 aromatic rings. The Morgan fingerprint density at radius 1 is 0.767 bits per heavy atom. The zero-order chi connectivity index (χ0) is 21.9. The number of rotatable bonds is 7. The Bertz CT molecular complexity index is 1260. The van der Waals surface area contributed by atoms with Gasteiger partial charge in [-0.3, -0.25) is 9.44 Å². The summed E-state index contributed by atoms with van der Waals surface area (Å²) in [6.07, 6.45) is 0. The minimum atomic E-state index is -3.93. The number of sulfonamides is 2. The molecule has 30 heavy (non-hydrogen) atoms. The first-order chi connectivity index (χ1) is 14.1. The molecule has 0 radical (unpaired) electrons. The van der Waals surface area contributed by atoms with E-state index in [1.165, 1.54) is 31.4 Å². The van der Waals surface area contributed by atoms with E-state index < -0.39 is 20.0 Å². The average Bonchev–Trinajstić information content (AvgIpc) is 2.70. The van der Waals surface area contributed by atoms with Gasteiger partial charge in [0.1, 0.15) is 5.75 Å². The lowest BCUT2D eigenvalue weighted by molar-refractivity contribution is 0.415. The second kappa shape index (κ2) is 8.66.